The topological polar surface area (TPSA) is 91.2 Å². The summed E-state index contributed by atoms with van der Waals surface area (Å²) in [6.45, 7) is 1.46. The number of nitrogens with zero attached hydrogens (tertiary/aromatic N) is 1. The zero-order chi connectivity index (χ0) is 19.1. The molecule has 0 bridgehead atoms. The number of carbonyl (C=O) groups is 2. The number of anilines is 2. The Morgan fingerprint density at radius 1 is 1.19 bits per heavy atom. The van der Waals surface area contributed by atoms with Crippen LogP contribution < -0.4 is 15.4 Å². The van der Waals surface area contributed by atoms with Crippen LogP contribution >= 0.6 is 11.6 Å². The summed E-state index contributed by atoms with van der Waals surface area (Å²) in [5.74, 6) is -0.139. The number of nitrogens with one attached hydrogen (secondary N) is 2. The van der Waals surface area contributed by atoms with Gasteiger partial charge in [0, 0.05) is 22.5 Å². The van der Waals surface area contributed by atoms with E-state index in [4.69, 9.17) is 16.3 Å². The fourth-order valence-electron chi connectivity index (χ4n) is 2.08. The highest BCUT2D eigenvalue weighted by molar-refractivity contribution is 6.31. The monoisotopic (exact) mass is 369 g/mol. The molecule has 0 aliphatic carbocycles. The molecule has 0 aliphatic rings. The van der Waals surface area contributed by atoms with Gasteiger partial charge in [0.05, 0.1) is 12.8 Å². The first-order valence-electron chi connectivity index (χ1n) is 7.57. The first-order chi connectivity index (χ1) is 12.4. The van der Waals surface area contributed by atoms with E-state index in [1.807, 2.05) is 6.07 Å². The van der Waals surface area contributed by atoms with Crippen molar-refractivity contribution in [1.29, 1.82) is 5.26 Å². The summed E-state index contributed by atoms with van der Waals surface area (Å²) in [7, 11) is 1.50. The number of ketones is 1. The lowest BCUT2D eigenvalue weighted by Gasteiger charge is -2.09. The molecule has 1 amide bonds. The molecule has 0 heterocycles. The molecule has 26 heavy (non-hydrogen) atoms. The number of benzene rings is 2. The van der Waals surface area contributed by atoms with Crippen molar-refractivity contribution in [2.24, 2.45) is 0 Å². The molecule has 0 saturated heterocycles. The minimum absolute atomic E-state index is 0.0693. The molecular formula is C19H16ClN3O3. The van der Waals surface area contributed by atoms with Crippen molar-refractivity contribution in [1.82, 2.24) is 0 Å². The van der Waals surface area contributed by atoms with Crippen molar-refractivity contribution in [3.8, 4) is 11.8 Å². The van der Waals surface area contributed by atoms with E-state index in [0.29, 0.717) is 27.7 Å². The predicted octanol–water partition coefficient (Wildman–Crippen LogP) is 4.01. The number of nitriles is 1. The summed E-state index contributed by atoms with van der Waals surface area (Å²) in [5.41, 5.74) is 1.39. The molecule has 0 aromatic heterocycles. The van der Waals surface area contributed by atoms with Crippen molar-refractivity contribution in [2.75, 3.05) is 17.7 Å². The van der Waals surface area contributed by atoms with Crippen LogP contribution in [0.15, 0.2) is 54.2 Å². The number of carbonyl (C=O) groups excluding carboxylic acids is 2. The number of amides is 1. The third kappa shape index (κ3) is 4.85. The van der Waals surface area contributed by atoms with Gasteiger partial charge in [-0.15, -0.1) is 0 Å². The number of ether oxygens (including phenoxy) is 1. The Kier molecular flexibility index (Phi) is 6.36. The molecule has 6 nitrogen and oxygen atoms in total. The quantitative estimate of drug-likeness (QED) is 0.456. The molecule has 0 spiro atoms. The minimum atomic E-state index is -0.587. The molecule has 0 unspecified atom stereocenters. The number of hydrogen-bond acceptors (Lipinski definition) is 5. The van der Waals surface area contributed by atoms with Gasteiger partial charge < -0.3 is 15.4 Å². The van der Waals surface area contributed by atoms with Crippen molar-refractivity contribution in [3.05, 3.63) is 64.8 Å². The molecule has 0 aliphatic heterocycles. The maximum Gasteiger partial charge on any atom is 0.267 e. The Morgan fingerprint density at radius 3 is 2.46 bits per heavy atom. The first-order valence-corrected chi connectivity index (χ1v) is 7.95. The van der Waals surface area contributed by atoms with Gasteiger partial charge in [-0.05, 0) is 49.4 Å². The lowest BCUT2D eigenvalue weighted by Crippen LogP contribution is -2.14. The number of hydrogen-bond donors (Lipinski definition) is 2. The molecule has 7 heteroatoms. The second kappa shape index (κ2) is 8.70. The zero-order valence-corrected chi connectivity index (χ0v) is 14.9. The average Bonchev–Trinajstić information content (AvgIpc) is 2.63. The fourth-order valence-corrected chi connectivity index (χ4v) is 2.25. The largest absolute Gasteiger partial charge is 0.495 e. The molecule has 0 fully saturated rings. The van der Waals surface area contributed by atoms with E-state index in [1.54, 1.807) is 42.5 Å². The normalized spacial score (nSPS) is 10.6. The van der Waals surface area contributed by atoms with Gasteiger partial charge in [0.15, 0.2) is 5.78 Å². The maximum absolute atomic E-state index is 12.2. The summed E-state index contributed by atoms with van der Waals surface area (Å²) < 4.78 is 5.19. The number of Topliss-reactive ketones (excluding diaryl/α,β-unsaturated/α-hetero) is 1. The Labute approximate surface area is 156 Å². The van der Waals surface area contributed by atoms with E-state index in [-0.39, 0.29) is 11.4 Å². The summed E-state index contributed by atoms with van der Waals surface area (Å²) in [6, 6.07) is 13.2. The first kappa shape index (κ1) is 19.0. The summed E-state index contributed by atoms with van der Waals surface area (Å²) in [5, 5.41) is 15.2. The number of halogens is 1. The summed E-state index contributed by atoms with van der Waals surface area (Å²) in [6.07, 6.45) is 1.27. The molecule has 0 radical (unpaired) electrons. The molecular weight excluding hydrogens is 354 g/mol. The molecule has 2 aromatic rings. The van der Waals surface area contributed by atoms with Crippen LogP contribution in [0, 0.1) is 11.3 Å². The third-order valence-electron chi connectivity index (χ3n) is 3.45. The van der Waals surface area contributed by atoms with Gasteiger partial charge in [0.1, 0.15) is 17.4 Å². The lowest BCUT2D eigenvalue weighted by molar-refractivity contribution is -0.112. The van der Waals surface area contributed by atoms with Crippen molar-refractivity contribution < 1.29 is 14.3 Å². The van der Waals surface area contributed by atoms with E-state index in [2.05, 4.69) is 10.6 Å². The standard InChI is InChI=1S/C19H16ClN3O3/c1-12(24)13-3-6-16(7-4-13)23-19(25)14(10-21)11-22-17-9-15(20)5-8-18(17)26-2/h3-9,11,22H,1-2H3,(H,23,25)/b14-11-. The van der Waals surface area contributed by atoms with Crippen LogP contribution in [-0.4, -0.2) is 18.8 Å². The molecule has 0 atom stereocenters. The third-order valence-corrected chi connectivity index (χ3v) is 3.68. The highest BCUT2D eigenvalue weighted by Crippen LogP contribution is 2.27. The second-order valence-corrected chi connectivity index (χ2v) is 5.68. The van der Waals surface area contributed by atoms with Gasteiger partial charge >= 0.3 is 0 Å². The summed E-state index contributed by atoms with van der Waals surface area (Å²) in [4.78, 5) is 23.5. The van der Waals surface area contributed by atoms with Crippen LogP contribution in [0.25, 0.3) is 0 Å². The molecule has 2 aromatic carbocycles. The van der Waals surface area contributed by atoms with Gasteiger partial charge in [0.25, 0.3) is 5.91 Å². The van der Waals surface area contributed by atoms with E-state index >= 15 is 0 Å². The van der Waals surface area contributed by atoms with Gasteiger partial charge in [-0.2, -0.15) is 5.26 Å². The highest BCUT2D eigenvalue weighted by Gasteiger charge is 2.11. The Bertz CT molecular complexity index is 899. The number of methoxy groups -OCH3 is 1. The van der Waals surface area contributed by atoms with Gasteiger partial charge in [-0.1, -0.05) is 11.6 Å². The predicted molar refractivity (Wildman–Crippen MR) is 100 cm³/mol. The van der Waals surface area contributed by atoms with Crippen LogP contribution in [-0.2, 0) is 4.79 Å². The van der Waals surface area contributed by atoms with E-state index < -0.39 is 5.91 Å². The Balaban J connectivity index is 2.13. The molecule has 2 N–H and O–H groups in total. The zero-order valence-electron chi connectivity index (χ0n) is 14.2. The number of rotatable bonds is 6. The Morgan fingerprint density at radius 2 is 1.88 bits per heavy atom. The summed E-state index contributed by atoms with van der Waals surface area (Å²) >= 11 is 5.94. The van der Waals surface area contributed by atoms with Crippen molar-refractivity contribution in [2.45, 2.75) is 6.92 Å². The van der Waals surface area contributed by atoms with Crippen LogP contribution in [0.2, 0.25) is 5.02 Å². The van der Waals surface area contributed by atoms with E-state index in [1.165, 1.54) is 20.2 Å². The van der Waals surface area contributed by atoms with Gasteiger partial charge in [-0.25, -0.2) is 0 Å². The Hall–Kier alpha value is -3.30. The molecule has 0 saturated carbocycles. The van der Waals surface area contributed by atoms with Gasteiger partial charge in [0.2, 0.25) is 0 Å². The van der Waals surface area contributed by atoms with E-state index in [9.17, 15) is 14.9 Å². The smallest absolute Gasteiger partial charge is 0.267 e. The van der Waals surface area contributed by atoms with Gasteiger partial charge in [-0.3, -0.25) is 9.59 Å². The lowest BCUT2D eigenvalue weighted by atomic mass is 10.1. The average molecular weight is 370 g/mol. The maximum atomic E-state index is 12.2. The minimum Gasteiger partial charge on any atom is -0.495 e. The SMILES string of the molecule is COc1ccc(Cl)cc1N/C=C(/C#N)C(=O)Nc1ccc(C(C)=O)cc1. The van der Waals surface area contributed by atoms with Crippen LogP contribution in [0.3, 0.4) is 0 Å². The fraction of sp³-hybridized carbons (Fsp3) is 0.105. The van der Waals surface area contributed by atoms with E-state index in [0.717, 1.165) is 0 Å². The van der Waals surface area contributed by atoms with Crippen molar-refractivity contribution in [3.63, 3.8) is 0 Å². The molecule has 2 rings (SSSR count). The van der Waals surface area contributed by atoms with Crippen LogP contribution in [0.4, 0.5) is 11.4 Å². The van der Waals surface area contributed by atoms with Crippen LogP contribution in [0.1, 0.15) is 17.3 Å². The van der Waals surface area contributed by atoms with Crippen molar-refractivity contribution >= 4 is 34.7 Å². The molecule has 132 valence electrons. The second-order valence-electron chi connectivity index (χ2n) is 5.25. The van der Waals surface area contributed by atoms with Crippen LogP contribution in [0.5, 0.6) is 5.75 Å². The highest BCUT2D eigenvalue weighted by atomic mass is 35.5.